The molecule has 22 heavy (non-hydrogen) atoms. The van der Waals surface area contributed by atoms with Crippen LogP contribution >= 0.6 is 12.2 Å². The average molecular weight is 308 g/mol. The van der Waals surface area contributed by atoms with Crippen LogP contribution in [-0.4, -0.2) is 23.4 Å². The molecule has 0 radical (unpaired) electrons. The molecular formula is C17H16N4S. The highest BCUT2D eigenvalue weighted by Crippen LogP contribution is 2.02. The van der Waals surface area contributed by atoms with Crippen molar-refractivity contribution in [1.29, 1.82) is 5.26 Å². The molecule has 2 rings (SSSR count). The molecule has 0 bridgehead atoms. The molecule has 0 aliphatic rings. The molecule has 0 unspecified atom stereocenters. The van der Waals surface area contributed by atoms with Crippen LogP contribution in [0.15, 0.2) is 59.7 Å². The fourth-order valence-electron chi connectivity index (χ4n) is 1.74. The molecule has 0 aliphatic carbocycles. The summed E-state index contributed by atoms with van der Waals surface area (Å²) in [7, 11) is 1.79. The van der Waals surface area contributed by atoms with Crippen molar-refractivity contribution in [1.82, 2.24) is 10.3 Å². The van der Waals surface area contributed by atoms with Gasteiger partial charge in [0.05, 0.1) is 17.8 Å². The van der Waals surface area contributed by atoms with Crippen LogP contribution in [0.25, 0.3) is 0 Å². The molecule has 0 aliphatic heterocycles. The van der Waals surface area contributed by atoms with Crippen LogP contribution in [0.5, 0.6) is 0 Å². The summed E-state index contributed by atoms with van der Waals surface area (Å²) in [6.07, 6.45) is 1.71. The van der Waals surface area contributed by atoms with E-state index in [2.05, 4.69) is 16.5 Å². The molecule has 0 spiro atoms. The van der Waals surface area contributed by atoms with Gasteiger partial charge in [-0.2, -0.15) is 10.4 Å². The molecule has 0 heterocycles. The first-order valence-electron chi connectivity index (χ1n) is 6.78. The van der Waals surface area contributed by atoms with Gasteiger partial charge in [0.15, 0.2) is 5.11 Å². The van der Waals surface area contributed by atoms with Crippen LogP contribution in [0.2, 0.25) is 0 Å². The van der Waals surface area contributed by atoms with E-state index in [1.54, 1.807) is 30.4 Å². The van der Waals surface area contributed by atoms with Crippen molar-refractivity contribution in [2.45, 2.75) is 6.54 Å². The summed E-state index contributed by atoms with van der Waals surface area (Å²) in [6, 6.07) is 19.3. The minimum absolute atomic E-state index is 0.550. The maximum Gasteiger partial charge on any atom is 0.189 e. The third-order valence-corrected chi connectivity index (χ3v) is 3.41. The molecule has 0 saturated carbocycles. The first-order valence-corrected chi connectivity index (χ1v) is 7.19. The van der Waals surface area contributed by atoms with Gasteiger partial charge >= 0.3 is 0 Å². The Morgan fingerprint density at radius 3 is 2.55 bits per heavy atom. The highest BCUT2D eigenvalue weighted by atomic mass is 32.1. The van der Waals surface area contributed by atoms with E-state index in [-0.39, 0.29) is 0 Å². The standard InChI is InChI=1S/C17H16N4S/c1-21(17(22)19-12-15-5-3-2-4-6-15)20-13-16-9-7-14(11-18)8-10-16/h2-10,13H,12H2,1H3,(H,19,22). The maximum absolute atomic E-state index is 8.76. The van der Waals surface area contributed by atoms with Gasteiger partial charge in [-0.15, -0.1) is 0 Å². The van der Waals surface area contributed by atoms with Crippen LogP contribution < -0.4 is 5.32 Å². The number of thiocarbonyl (C=S) groups is 1. The normalized spacial score (nSPS) is 10.2. The van der Waals surface area contributed by atoms with Crippen LogP contribution in [-0.2, 0) is 6.54 Å². The zero-order chi connectivity index (χ0) is 15.8. The number of hydrogen-bond acceptors (Lipinski definition) is 3. The molecule has 5 heteroatoms. The number of nitriles is 1. The number of hydrogen-bond donors (Lipinski definition) is 1. The van der Waals surface area contributed by atoms with E-state index in [4.69, 9.17) is 17.5 Å². The van der Waals surface area contributed by atoms with Crippen LogP contribution in [0.4, 0.5) is 0 Å². The molecule has 2 aromatic carbocycles. The van der Waals surface area contributed by atoms with Crippen molar-refractivity contribution in [2.75, 3.05) is 7.05 Å². The molecule has 110 valence electrons. The van der Waals surface area contributed by atoms with Gasteiger partial charge in [0.1, 0.15) is 0 Å². The summed E-state index contributed by atoms with van der Waals surface area (Å²) in [5, 5.41) is 18.4. The van der Waals surface area contributed by atoms with Gasteiger partial charge in [-0.1, -0.05) is 42.5 Å². The summed E-state index contributed by atoms with van der Waals surface area (Å²) in [5.74, 6) is 0. The van der Waals surface area contributed by atoms with Crippen molar-refractivity contribution < 1.29 is 0 Å². The quantitative estimate of drug-likeness (QED) is 0.536. The fraction of sp³-hybridized carbons (Fsp3) is 0.118. The maximum atomic E-state index is 8.76. The summed E-state index contributed by atoms with van der Waals surface area (Å²) in [4.78, 5) is 0. The molecule has 1 N–H and O–H groups in total. The SMILES string of the molecule is CN(N=Cc1ccc(C#N)cc1)C(=S)NCc1ccccc1. The summed E-state index contributed by atoms with van der Waals surface area (Å²) >= 11 is 5.29. The Balaban J connectivity index is 1.87. The second-order valence-corrected chi connectivity index (χ2v) is 5.03. The van der Waals surface area contributed by atoms with Gasteiger partial charge in [0.25, 0.3) is 0 Å². The lowest BCUT2D eigenvalue weighted by atomic mass is 10.2. The van der Waals surface area contributed by atoms with Gasteiger partial charge in [-0.05, 0) is 35.5 Å². The Morgan fingerprint density at radius 2 is 1.91 bits per heavy atom. The van der Waals surface area contributed by atoms with E-state index in [9.17, 15) is 0 Å². The Labute approximate surface area is 135 Å². The molecule has 0 fully saturated rings. The van der Waals surface area contributed by atoms with E-state index in [1.165, 1.54) is 0 Å². The Bertz CT molecular complexity index is 687. The van der Waals surface area contributed by atoms with Crippen LogP contribution in [0, 0.1) is 11.3 Å². The lowest BCUT2D eigenvalue weighted by Crippen LogP contribution is -2.33. The van der Waals surface area contributed by atoms with Crippen molar-refractivity contribution in [3.8, 4) is 6.07 Å². The van der Waals surface area contributed by atoms with Crippen LogP contribution in [0.3, 0.4) is 0 Å². The second-order valence-electron chi connectivity index (χ2n) is 4.65. The monoisotopic (exact) mass is 308 g/mol. The first-order chi connectivity index (χ1) is 10.7. The lowest BCUT2D eigenvalue weighted by molar-refractivity contribution is 0.532. The zero-order valence-electron chi connectivity index (χ0n) is 12.2. The molecule has 2 aromatic rings. The van der Waals surface area contributed by atoms with Crippen molar-refractivity contribution >= 4 is 23.5 Å². The molecule has 0 amide bonds. The van der Waals surface area contributed by atoms with E-state index in [0.29, 0.717) is 17.2 Å². The minimum atomic E-state index is 0.550. The largest absolute Gasteiger partial charge is 0.357 e. The summed E-state index contributed by atoms with van der Waals surface area (Å²) in [6.45, 7) is 0.663. The Hall–Kier alpha value is -2.71. The summed E-state index contributed by atoms with van der Waals surface area (Å²) < 4.78 is 0. The number of nitrogens with one attached hydrogen (secondary N) is 1. The third-order valence-electron chi connectivity index (χ3n) is 3.00. The topological polar surface area (TPSA) is 51.4 Å². The first kappa shape index (κ1) is 15.7. The average Bonchev–Trinajstić information content (AvgIpc) is 2.58. The number of nitrogens with zero attached hydrogens (tertiary/aromatic N) is 3. The number of hydrazone groups is 1. The van der Waals surface area contributed by atoms with E-state index in [0.717, 1.165) is 11.1 Å². The van der Waals surface area contributed by atoms with Gasteiger partial charge in [-0.3, -0.25) is 0 Å². The van der Waals surface area contributed by atoms with E-state index < -0.39 is 0 Å². The minimum Gasteiger partial charge on any atom is -0.357 e. The Kier molecular flexibility index (Phi) is 5.64. The number of benzene rings is 2. The van der Waals surface area contributed by atoms with E-state index in [1.807, 2.05) is 42.5 Å². The van der Waals surface area contributed by atoms with E-state index >= 15 is 0 Å². The van der Waals surface area contributed by atoms with Gasteiger partial charge in [-0.25, -0.2) is 5.01 Å². The van der Waals surface area contributed by atoms with Crippen molar-refractivity contribution in [3.63, 3.8) is 0 Å². The Morgan fingerprint density at radius 1 is 1.23 bits per heavy atom. The van der Waals surface area contributed by atoms with Gasteiger partial charge in [0, 0.05) is 13.6 Å². The molecule has 0 saturated heterocycles. The highest BCUT2D eigenvalue weighted by molar-refractivity contribution is 7.80. The zero-order valence-corrected chi connectivity index (χ0v) is 13.0. The summed E-state index contributed by atoms with van der Waals surface area (Å²) in [5.41, 5.74) is 2.71. The molecular weight excluding hydrogens is 292 g/mol. The number of rotatable bonds is 4. The van der Waals surface area contributed by atoms with Crippen molar-refractivity contribution in [2.24, 2.45) is 5.10 Å². The predicted molar refractivity (Wildman–Crippen MR) is 92.4 cm³/mol. The smallest absolute Gasteiger partial charge is 0.189 e. The lowest BCUT2D eigenvalue weighted by Gasteiger charge is -2.15. The third kappa shape index (κ3) is 4.69. The second kappa shape index (κ2) is 7.91. The van der Waals surface area contributed by atoms with Crippen LogP contribution in [0.1, 0.15) is 16.7 Å². The molecule has 0 aromatic heterocycles. The highest BCUT2D eigenvalue weighted by Gasteiger charge is 2.01. The van der Waals surface area contributed by atoms with Gasteiger partial charge < -0.3 is 5.32 Å². The van der Waals surface area contributed by atoms with Crippen molar-refractivity contribution in [3.05, 3.63) is 71.3 Å². The fourth-order valence-corrected chi connectivity index (χ4v) is 1.86. The van der Waals surface area contributed by atoms with Gasteiger partial charge in [0.2, 0.25) is 0 Å². The predicted octanol–water partition coefficient (Wildman–Crippen LogP) is 2.90. The molecule has 0 atom stereocenters. The molecule has 4 nitrogen and oxygen atoms in total.